The normalized spacial score (nSPS) is 18.0. The van der Waals surface area contributed by atoms with E-state index in [2.05, 4.69) is 35.3 Å². The Labute approximate surface area is 91.1 Å². The molecule has 84 valence electrons. The van der Waals surface area contributed by atoms with Gasteiger partial charge in [0.25, 0.3) is 0 Å². The summed E-state index contributed by atoms with van der Waals surface area (Å²) in [5.74, 6) is 0. The summed E-state index contributed by atoms with van der Waals surface area (Å²) in [6.07, 6.45) is 5.56. The molecule has 1 fully saturated rings. The molecule has 0 atom stereocenters. The number of aliphatic hydroxyl groups is 1. The van der Waals surface area contributed by atoms with Crippen LogP contribution in [0.1, 0.15) is 25.0 Å². The third-order valence-corrected chi connectivity index (χ3v) is 3.46. The molecule has 0 spiro atoms. The maximum atomic E-state index is 8.94. The van der Waals surface area contributed by atoms with Crippen LogP contribution in [0.2, 0.25) is 0 Å². The lowest BCUT2D eigenvalue weighted by Crippen LogP contribution is -2.25. The number of hydrogen-bond acceptors (Lipinski definition) is 2. The summed E-state index contributed by atoms with van der Waals surface area (Å²) >= 11 is 0. The van der Waals surface area contributed by atoms with Gasteiger partial charge in [0, 0.05) is 38.6 Å². The zero-order valence-electron chi connectivity index (χ0n) is 9.37. The van der Waals surface area contributed by atoms with Gasteiger partial charge in [-0.1, -0.05) is 0 Å². The van der Waals surface area contributed by atoms with Crippen LogP contribution in [-0.4, -0.2) is 22.8 Å². The van der Waals surface area contributed by atoms with Crippen molar-refractivity contribution >= 4 is 0 Å². The van der Waals surface area contributed by atoms with Crippen molar-refractivity contribution in [2.75, 3.05) is 13.2 Å². The van der Waals surface area contributed by atoms with E-state index < -0.39 is 0 Å². The minimum atomic E-state index is 0.325. The Morgan fingerprint density at radius 2 is 2.33 bits per heavy atom. The summed E-state index contributed by atoms with van der Waals surface area (Å²) in [6, 6.07) is 4.20. The van der Waals surface area contributed by atoms with Gasteiger partial charge in [-0.05, 0) is 36.8 Å². The maximum Gasteiger partial charge on any atom is 0.0436 e. The standard InChI is InChI=1S/C12H20N2O/c1-14-7-2-3-11(14)9-13-10-12(4-5-12)6-8-15/h2-3,7,13,15H,4-6,8-10H2,1H3. The van der Waals surface area contributed by atoms with Crippen molar-refractivity contribution in [3.8, 4) is 0 Å². The Morgan fingerprint density at radius 3 is 2.87 bits per heavy atom. The van der Waals surface area contributed by atoms with Gasteiger partial charge >= 0.3 is 0 Å². The zero-order valence-corrected chi connectivity index (χ0v) is 9.37. The van der Waals surface area contributed by atoms with Crippen LogP contribution in [0.15, 0.2) is 18.3 Å². The summed E-state index contributed by atoms with van der Waals surface area (Å²) in [6.45, 7) is 2.29. The van der Waals surface area contributed by atoms with Crippen molar-refractivity contribution in [2.24, 2.45) is 12.5 Å². The van der Waals surface area contributed by atoms with Crippen LogP contribution >= 0.6 is 0 Å². The van der Waals surface area contributed by atoms with E-state index in [0.717, 1.165) is 19.5 Å². The Kier molecular flexibility index (Phi) is 3.12. The molecule has 1 saturated carbocycles. The Balaban J connectivity index is 1.73. The maximum absolute atomic E-state index is 8.94. The minimum Gasteiger partial charge on any atom is -0.396 e. The first-order valence-electron chi connectivity index (χ1n) is 5.68. The van der Waals surface area contributed by atoms with Crippen molar-refractivity contribution in [3.05, 3.63) is 24.0 Å². The summed E-state index contributed by atoms with van der Waals surface area (Å²) in [7, 11) is 2.07. The summed E-state index contributed by atoms with van der Waals surface area (Å²) in [4.78, 5) is 0. The summed E-state index contributed by atoms with van der Waals surface area (Å²) in [5.41, 5.74) is 1.73. The molecular weight excluding hydrogens is 188 g/mol. The van der Waals surface area contributed by atoms with E-state index in [1.165, 1.54) is 18.5 Å². The molecule has 0 amide bonds. The fourth-order valence-electron chi connectivity index (χ4n) is 2.06. The van der Waals surface area contributed by atoms with Crippen LogP contribution in [0.4, 0.5) is 0 Å². The minimum absolute atomic E-state index is 0.325. The van der Waals surface area contributed by atoms with Gasteiger partial charge in [-0.2, -0.15) is 0 Å². The number of rotatable bonds is 6. The summed E-state index contributed by atoms with van der Waals surface area (Å²) < 4.78 is 2.14. The Bertz CT molecular complexity index is 315. The highest BCUT2D eigenvalue weighted by Gasteiger charge is 2.41. The molecule has 0 saturated heterocycles. The number of aromatic nitrogens is 1. The lowest BCUT2D eigenvalue weighted by Gasteiger charge is -2.14. The molecule has 1 aromatic rings. The molecule has 3 nitrogen and oxygen atoms in total. The molecule has 1 aliphatic rings. The van der Waals surface area contributed by atoms with Crippen molar-refractivity contribution in [3.63, 3.8) is 0 Å². The van der Waals surface area contributed by atoms with Crippen LogP contribution in [0.5, 0.6) is 0 Å². The molecule has 2 N–H and O–H groups in total. The molecule has 15 heavy (non-hydrogen) atoms. The fraction of sp³-hybridized carbons (Fsp3) is 0.667. The molecule has 0 unspecified atom stereocenters. The number of aryl methyl sites for hydroxylation is 1. The molecule has 0 aliphatic heterocycles. The first-order chi connectivity index (χ1) is 7.26. The zero-order chi connectivity index (χ0) is 10.7. The van der Waals surface area contributed by atoms with Crippen LogP contribution in [-0.2, 0) is 13.6 Å². The van der Waals surface area contributed by atoms with E-state index in [0.29, 0.717) is 12.0 Å². The van der Waals surface area contributed by atoms with Gasteiger partial charge in [-0.25, -0.2) is 0 Å². The van der Waals surface area contributed by atoms with Gasteiger partial charge in [-0.3, -0.25) is 0 Å². The van der Waals surface area contributed by atoms with Crippen molar-refractivity contribution in [1.29, 1.82) is 0 Å². The van der Waals surface area contributed by atoms with Crippen LogP contribution in [0, 0.1) is 5.41 Å². The van der Waals surface area contributed by atoms with E-state index >= 15 is 0 Å². The average molecular weight is 208 g/mol. The van der Waals surface area contributed by atoms with E-state index in [9.17, 15) is 0 Å². The van der Waals surface area contributed by atoms with E-state index in [-0.39, 0.29) is 0 Å². The lowest BCUT2D eigenvalue weighted by molar-refractivity contribution is 0.245. The van der Waals surface area contributed by atoms with Crippen LogP contribution in [0.3, 0.4) is 0 Å². The number of nitrogens with one attached hydrogen (secondary N) is 1. The molecule has 2 rings (SSSR count). The second-order valence-corrected chi connectivity index (χ2v) is 4.69. The third kappa shape index (κ3) is 2.61. The molecular formula is C12H20N2O. The topological polar surface area (TPSA) is 37.2 Å². The number of nitrogens with zero attached hydrogens (tertiary/aromatic N) is 1. The Morgan fingerprint density at radius 1 is 1.53 bits per heavy atom. The first kappa shape index (κ1) is 10.7. The highest BCUT2D eigenvalue weighted by atomic mass is 16.3. The predicted octanol–water partition coefficient (Wildman–Crippen LogP) is 1.28. The van der Waals surface area contributed by atoms with E-state index in [1.54, 1.807) is 0 Å². The smallest absolute Gasteiger partial charge is 0.0436 e. The molecule has 1 aliphatic carbocycles. The predicted molar refractivity (Wildman–Crippen MR) is 60.5 cm³/mol. The second kappa shape index (κ2) is 4.37. The fourth-order valence-corrected chi connectivity index (χ4v) is 2.06. The number of hydrogen-bond donors (Lipinski definition) is 2. The average Bonchev–Trinajstić information content (AvgIpc) is 2.85. The second-order valence-electron chi connectivity index (χ2n) is 4.69. The molecule has 1 aromatic heterocycles. The quantitative estimate of drug-likeness (QED) is 0.739. The lowest BCUT2D eigenvalue weighted by atomic mass is 10.0. The van der Waals surface area contributed by atoms with Crippen molar-refractivity contribution in [1.82, 2.24) is 9.88 Å². The highest BCUT2D eigenvalue weighted by Crippen LogP contribution is 2.47. The van der Waals surface area contributed by atoms with Gasteiger partial charge in [-0.15, -0.1) is 0 Å². The van der Waals surface area contributed by atoms with Gasteiger partial charge in [0.1, 0.15) is 0 Å². The van der Waals surface area contributed by atoms with Crippen LogP contribution in [0.25, 0.3) is 0 Å². The SMILES string of the molecule is Cn1cccc1CNCC1(CCO)CC1. The van der Waals surface area contributed by atoms with E-state index in [1.807, 2.05) is 0 Å². The monoisotopic (exact) mass is 208 g/mol. The number of aliphatic hydroxyl groups excluding tert-OH is 1. The molecule has 0 bridgehead atoms. The van der Waals surface area contributed by atoms with Gasteiger partial charge in [0.05, 0.1) is 0 Å². The van der Waals surface area contributed by atoms with E-state index in [4.69, 9.17) is 5.11 Å². The Hall–Kier alpha value is -0.800. The highest BCUT2D eigenvalue weighted by molar-refractivity contribution is 5.06. The third-order valence-electron chi connectivity index (χ3n) is 3.46. The first-order valence-corrected chi connectivity index (χ1v) is 5.68. The van der Waals surface area contributed by atoms with Crippen LogP contribution < -0.4 is 5.32 Å². The molecule has 3 heteroatoms. The molecule has 0 aromatic carbocycles. The molecule has 0 radical (unpaired) electrons. The van der Waals surface area contributed by atoms with Crippen molar-refractivity contribution in [2.45, 2.75) is 25.8 Å². The summed E-state index contributed by atoms with van der Waals surface area (Å²) in [5, 5.41) is 12.4. The van der Waals surface area contributed by atoms with Gasteiger partial charge in [0.2, 0.25) is 0 Å². The molecule has 1 heterocycles. The largest absolute Gasteiger partial charge is 0.396 e. The van der Waals surface area contributed by atoms with Crippen molar-refractivity contribution < 1.29 is 5.11 Å². The van der Waals surface area contributed by atoms with Gasteiger partial charge < -0.3 is 15.0 Å². The van der Waals surface area contributed by atoms with Gasteiger partial charge in [0.15, 0.2) is 0 Å².